The molecule has 0 radical (unpaired) electrons. The second-order valence-electron chi connectivity index (χ2n) is 6.44. The fourth-order valence-electron chi connectivity index (χ4n) is 2.59. The fourth-order valence-corrected chi connectivity index (χ4v) is 2.59. The summed E-state index contributed by atoms with van der Waals surface area (Å²) in [6.45, 7) is 8.02. The molecule has 114 valence electrons. The Labute approximate surface area is 126 Å². The minimum Gasteiger partial charge on any atom is -0.496 e. The molecule has 0 unspecified atom stereocenters. The molecule has 0 spiro atoms. The SMILES string of the molecule is COc1cc(N)ccc1C(=O)N1CC=C(C(C)(C)C)CC1. The molecule has 1 aliphatic rings. The molecule has 1 aromatic carbocycles. The van der Waals surface area contributed by atoms with Crippen LogP contribution in [0.1, 0.15) is 37.6 Å². The van der Waals surface area contributed by atoms with E-state index in [9.17, 15) is 4.79 Å². The lowest BCUT2D eigenvalue weighted by Crippen LogP contribution is -2.36. The molecule has 2 N–H and O–H groups in total. The van der Waals surface area contributed by atoms with Crippen LogP contribution in [0.4, 0.5) is 5.69 Å². The summed E-state index contributed by atoms with van der Waals surface area (Å²) in [5.41, 5.74) is 8.48. The van der Waals surface area contributed by atoms with Gasteiger partial charge in [-0.15, -0.1) is 0 Å². The quantitative estimate of drug-likeness (QED) is 0.672. The molecule has 0 saturated carbocycles. The number of methoxy groups -OCH3 is 1. The van der Waals surface area contributed by atoms with Crippen LogP contribution < -0.4 is 10.5 Å². The van der Waals surface area contributed by atoms with Gasteiger partial charge in [-0.1, -0.05) is 32.4 Å². The van der Waals surface area contributed by atoms with Gasteiger partial charge in [-0.2, -0.15) is 0 Å². The number of benzene rings is 1. The van der Waals surface area contributed by atoms with Gasteiger partial charge in [0.05, 0.1) is 12.7 Å². The van der Waals surface area contributed by atoms with Crippen LogP contribution in [0, 0.1) is 5.41 Å². The smallest absolute Gasteiger partial charge is 0.257 e. The maximum Gasteiger partial charge on any atom is 0.257 e. The average molecular weight is 288 g/mol. The number of anilines is 1. The van der Waals surface area contributed by atoms with Gasteiger partial charge in [0.25, 0.3) is 5.91 Å². The molecule has 1 heterocycles. The Morgan fingerprint density at radius 1 is 1.33 bits per heavy atom. The van der Waals surface area contributed by atoms with Gasteiger partial charge in [-0.3, -0.25) is 4.79 Å². The van der Waals surface area contributed by atoms with Crippen LogP contribution in [-0.4, -0.2) is 31.0 Å². The van der Waals surface area contributed by atoms with Gasteiger partial charge in [0.2, 0.25) is 0 Å². The third-order valence-corrected chi connectivity index (χ3v) is 3.92. The number of carbonyl (C=O) groups excluding carboxylic acids is 1. The summed E-state index contributed by atoms with van der Waals surface area (Å²) in [7, 11) is 1.55. The van der Waals surface area contributed by atoms with Crippen LogP contribution >= 0.6 is 0 Å². The molecule has 0 aromatic heterocycles. The molecule has 21 heavy (non-hydrogen) atoms. The van der Waals surface area contributed by atoms with Crippen molar-refractivity contribution >= 4 is 11.6 Å². The van der Waals surface area contributed by atoms with Gasteiger partial charge in [0, 0.05) is 24.8 Å². The Morgan fingerprint density at radius 3 is 2.57 bits per heavy atom. The summed E-state index contributed by atoms with van der Waals surface area (Å²) >= 11 is 0. The zero-order chi connectivity index (χ0) is 15.6. The van der Waals surface area contributed by atoms with Crippen LogP contribution in [-0.2, 0) is 0 Å². The summed E-state index contributed by atoms with van der Waals surface area (Å²) in [4.78, 5) is 14.5. The van der Waals surface area contributed by atoms with Crippen molar-refractivity contribution in [2.45, 2.75) is 27.2 Å². The number of nitrogens with zero attached hydrogens (tertiary/aromatic N) is 1. The molecule has 0 atom stereocenters. The molecule has 2 rings (SSSR count). The van der Waals surface area contributed by atoms with Crippen LogP contribution in [0.5, 0.6) is 5.75 Å². The standard InChI is InChI=1S/C17H24N2O2/c1-17(2,3)12-7-9-19(10-8-12)16(20)14-6-5-13(18)11-15(14)21-4/h5-7,11H,8-10,18H2,1-4H3. The molecule has 1 aliphatic heterocycles. The van der Waals surface area contributed by atoms with E-state index >= 15 is 0 Å². The van der Waals surface area contributed by atoms with E-state index in [-0.39, 0.29) is 11.3 Å². The van der Waals surface area contributed by atoms with Crippen LogP contribution in [0.15, 0.2) is 29.8 Å². The van der Waals surface area contributed by atoms with E-state index in [0.717, 1.165) is 13.0 Å². The van der Waals surface area contributed by atoms with Crippen molar-refractivity contribution in [3.63, 3.8) is 0 Å². The predicted molar refractivity (Wildman–Crippen MR) is 85.5 cm³/mol. The highest BCUT2D eigenvalue weighted by atomic mass is 16.5. The first-order valence-corrected chi connectivity index (χ1v) is 7.25. The Morgan fingerprint density at radius 2 is 2.05 bits per heavy atom. The van der Waals surface area contributed by atoms with Crippen molar-refractivity contribution in [1.82, 2.24) is 4.90 Å². The number of nitrogen functional groups attached to an aromatic ring is 1. The molecular formula is C17H24N2O2. The minimum atomic E-state index is -0.00365. The van der Waals surface area contributed by atoms with Gasteiger partial charge in [-0.25, -0.2) is 0 Å². The van der Waals surface area contributed by atoms with E-state index in [1.54, 1.807) is 25.3 Å². The third kappa shape index (κ3) is 3.38. The fraction of sp³-hybridized carbons (Fsp3) is 0.471. The Kier molecular flexibility index (Phi) is 4.26. The molecular weight excluding hydrogens is 264 g/mol. The molecule has 4 nitrogen and oxygen atoms in total. The molecule has 0 saturated heterocycles. The lowest BCUT2D eigenvalue weighted by molar-refractivity contribution is 0.0761. The monoisotopic (exact) mass is 288 g/mol. The Bertz CT molecular complexity index is 571. The third-order valence-electron chi connectivity index (χ3n) is 3.92. The van der Waals surface area contributed by atoms with Crippen molar-refractivity contribution in [1.29, 1.82) is 0 Å². The number of carbonyl (C=O) groups is 1. The number of amides is 1. The number of hydrogen-bond donors (Lipinski definition) is 1. The highest BCUT2D eigenvalue weighted by molar-refractivity contribution is 5.97. The van der Waals surface area contributed by atoms with E-state index in [2.05, 4.69) is 26.8 Å². The largest absolute Gasteiger partial charge is 0.496 e. The Balaban J connectivity index is 2.18. The minimum absolute atomic E-state index is 0.00365. The summed E-state index contributed by atoms with van der Waals surface area (Å²) in [5, 5.41) is 0. The molecule has 1 aromatic rings. The molecule has 0 bridgehead atoms. The average Bonchev–Trinajstić information content (AvgIpc) is 2.45. The summed E-state index contributed by atoms with van der Waals surface area (Å²) in [6, 6.07) is 5.16. The highest BCUT2D eigenvalue weighted by Crippen LogP contribution is 2.31. The van der Waals surface area contributed by atoms with Gasteiger partial charge in [0.15, 0.2) is 0 Å². The van der Waals surface area contributed by atoms with Crippen LogP contribution in [0.2, 0.25) is 0 Å². The Hall–Kier alpha value is -1.97. The summed E-state index contributed by atoms with van der Waals surface area (Å²) in [6.07, 6.45) is 3.09. The maximum absolute atomic E-state index is 12.6. The van der Waals surface area contributed by atoms with Crippen molar-refractivity contribution < 1.29 is 9.53 Å². The molecule has 0 aliphatic carbocycles. The maximum atomic E-state index is 12.6. The first-order chi connectivity index (χ1) is 9.82. The van der Waals surface area contributed by atoms with Gasteiger partial charge in [0.1, 0.15) is 5.75 Å². The van der Waals surface area contributed by atoms with Crippen molar-refractivity contribution in [2.75, 3.05) is 25.9 Å². The highest BCUT2D eigenvalue weighted by Gasteiger charge is 2.25. The van der Waals surface area contributed by atoms with E-state index in [0.29, 0.717) is 23.5 Å². The van der Waals surface area contributed by atoms with Crippen molar-refractivity contribution in [3.8, 4) is 5.75 Å². The lowest BCUT2D eigenvalue weighted by atomic mass is 9.83. The van der Waals surface area contributed by atoms with Gasteiger partial charge >= 0.3 is 0 Å². The van der Waals surface area contributed by atoms with Crippen molar-refractivity contribution in [2.24, 2.45) is 5.41 Å². The lowest BCUT2D eigenvalue weighted by Gasteiger charge is -2.32. The first-order valence-electron chi connectivity index (χ1n) is 7.25. The van der Waals surface area contributed by atoms with Gasteiger partial charge in [-0.05, 0) is 24.0 Å². The van der Waals surface area contributed by atoms with Crippen LogP contribution in [0.25, 0.3) is 0 Å². The number of rotatable bonds is 2. The van der Waals surface area contributed by atoms with Crippen molar-refractivity contribution in [3.05, 3.63) is 35.4 Å². The van der Waals surface area contributed by atoms with E-state index in [4.69, 9.17) is 10.5 Å². The zero-order valence-corrected chi connectivity index (χ0v) is 13.3. The molecule has 4 heteroatoms. The van der Waals surface area contributed by atoms with E-state index < -0.39 is 0 Å². The second kappa shape index (κ2) is 5.80. The zero-order valence-electron chi connectivity index (χ0n) is 13.3. The predicted octanol–water partition coefficient (Wildman–Crippen LogP) is 3.10. The van der Waals surface area contributed by atoms with Crippen LogP contribution in [0.3, 0.4) is 0 Å². The van der Waals surface area contributed by atoms with Gasteiger partial charge < -0.3 is 15.4 Å². The summed E-state index contributed by atoms with van der Waals surface area (Å²) < 4.78 is 5.27. The normalized spacial score (nSPS) is 15.6. The first kappa shape index (κ1) is 15.4. The second-order valence-corrected chi connectivity index (χ2v) is 6.44. The molecule has 1 amide bonds. The molecule has 0 fully saturated rings. The number of hydrogen-bond acceptors (Lipinski definition) is 3. The van der Waals surface area contributed by atoms with E-state index in [1.165, 1.54) is 5.57 Å². The summed E-state index contributed by atoms with van der Waals surface area (Å²) in [5.74, 6) is 0.529. The number of nitrogens with two attached hydrogens (primary N) is 1. The number of ether oxygens (including phenoxy) is 1. The van der Waals surface area contributed by atoms with E-state index in [1.807, 2.05) is 4.90 Å². The topological polar surface area (TPSA) is 55.6 Å².